The first-order valence-corrected chi connectivity index (χ1v) is 8.37. The topological polar surface area (TPSA) is 38.3 Å². The Hall–Kier alpha value is -2.29. The van der Waals surface area contributed by atoms with Crippen molar-refractivity contribution in [2.24, 2.45) is 11.8 Å². The summed E-state index contributed by atoms with van der Waals surface area (Å²) in [6.45, 7) is 0.467. The van der Waals surface area contributed by atoms with Gasteiger partial charge in [-0.25, -0.2) is 0 Å². The lowest BCUT2D eigenvalue weighted by molar-refractivity contribution is -0.127. The highest BCUT2D eigenvalue weighted by molar-refractivity contribution is 5.80. The smallest absolute Gasteiger partial charge is 0.227 e. The first kappa shape index (κ1) is 14.3. The third-order valence-electron chi connectivity index (χ3n) is 4.80. The summed E-state index contributed by atoms with van der Waals surface area (Å²) in [5.74, 6) is 1.51. The number of carbonyl (C=O) groups excluding carboxylic acids is 1. The van der Waals surface area contributed by atoms with E-state index in [0.717, 1.165) is 17.7 Å². The summed E-state index contributed by atoms with van der Waals surface area (Å²) in [7, 11) is 0. The van der Waals surface area contributed by atoms with Crippen LogP contribution in [0.3, 0.4) is 0 Å². The van der Waals surface area contributed by atoms with Crippen LogP contribution in [-0.2, 0) is 11.2 Å². The Kier molecular flexibility index (Phi) is 3.78. The molecule has 2 unspecified atom stereocenters. The van der Waals surface area contributed by atoms with Gasteiger partial charge >= 0.3 is 0 Å². The van der Waals surface area contributed by atoms with Gasteiger partial charge in [0.05, 0.1) is 12.0 Å². The van der Waals surface area contributed by atoms with Gasteiger partial charge in [-0.1, -0.05) is 48.5 Å². The summed E-state index contributed by atoms with van der Waals surface area (Å²) >= 11 is 0. The number of hydrogen-bond donors (Lipinski definition) is 1. The van der Waals surface area contributed by atoms with Gasteiger partial charge in [0.25, 0.3) is 0 Å². The second kappa shape index (κ2) is 6.07. The molecular weight excluding hydrogens is 286 g/mol. The molecule has 1 saturated carbocycles. The van der Waals surface area contributed by atoms with Crippen molar-refractivity contribution in [3.63, 3.8) is 0 Å². The molecule has 2 atom stereocenters. The Morgan fingerprint density at radius 1 is 1.04 bits per heavy atom. The molecule has 0 saturated heterocycles. The van der Waals surface area contributed by atoms with Gasteiger partial charge in [0, 0.05) is 0 Å². The lowest BCUT2D eigenvalue weighted by Gasteiger charge is -2.27. The number of amides is 1. The van der Waals surface area contributed by atoms with Crippen LogP contribution in [0.15, 0.2) is 54.6 Å². The number of rotatable bonds is 4. The number of fused-ring (bicyclic) bond motifs is 1. The van der Waals surface area contributed by atoms with E-state index >= 15 is 0 Å². The summed E-state index contributed by atoms with van der Waals surface area (Å²) in [5.41, 5.74) is 2.34. The number of ether oxygens (including phenoxy) is 1. The van der Waals surface area contributed by atoms with E-state index in [-0.39, 0.29) is 17.9 Å². The molecule has 0 bridgehead atoms. The SMILES string of the molecule is O=C(NC(c1ccccc1)C1CC1)C1COc2ccccc2C1. The fourth-order valence-electron chi connectivity index (χ4n) is 3.33. The lowest BCUT2D eigenvalue weighted by Crippen LogP contribution is -2.39. The van der Waals surface area contributed by atoms with Crippen LogP contribution in [0, 0.1) is 11.8 Å². The molecule has 2 aromatic rings. The quantitative estimate of drug-likeness (QED) is 0.939. The van der Waals surface area contributed by atoms with Gasteiger partial charge in [-0.15, -0.1) is 0 Å². The van der Waals surface area contributed by atoms with E-state index in [1.807, 2.05) is 42.5 Å². The van der Waals surface area contributed by atoms with Crippen molar-refractivity contribution in [2.75, 3.05) is 6.61 Å². The fraction of sp³-hybridized carbons (Fsp3) is 0.350. The molecule has 4 rings (SSSR count). The van der Waals surface area contributed by atoms with Crippen LogP contribution in [0.4, 0.5) is 0 Å². The van der Waals surface area contributed by atoms with Crippen molar-refractivity contribution >= 4 is 5.91 Å². The third-order valence-corrected chi connectivity index (χ3v) is 4.80. The second-order valence-electron chi connectivity index (χ2n) is 6.55. The summed E-state index contributed by atoms with van der Waals surface area (Å²) in [5, 5.41) is 3.28. The molecule has 2 aliphatic rings. The average Bonchev–Trinajstić information content (AvgIpc) is 3.44. The van der Waals surface area contributed by atoms with Crippen molar-refractivity contribution in [3.05, 3.63) is 65.7 Å². The third kappa shape index (κ3) is 3.09. The number of nitrogens with one attached hydrogen (secondary N) is 1. The van der Waals surface area contributed by atoms with Crippen molar-refractivity contribution in [2.45, 2.75) is 25.3 Å². The van der Waals surface area contributed by atoms with Crippen molar-refractivity contribution < 1.29 is 9.53 Å². The van der Waals surface area contributed by atoms with E-state index < -0.39 is 0 Å². The molecule has 1 amide bonds. The van der Waals surface area contributed by atoms with E-state index in [9.17, 15) is 4.79 Å². The highest BCUT2D eigenvalue weighted by Gasteiger charge is 2.35. The van der Waals surface area contributed by atoms with E-state index in [2.05, 4.69) is 17.4 Å². The van der Waals surface area contributed by atoms with Crippen LogP contribution in [0.1, 0.15) is 30.0 Å². The molecule has 1 N–H and O–H groups in total. The van der Waals surface area contributed by atoms with E-state index in [1.54, 1.807) is 0 Å². The predicted octanol–water partition coefficient (Wildman–Crippen LogP) is 3.51. The van der Waals surface area contributed by atoms with Gasteiger partial charge < -0.3 is 10.1 Å². The molecule has 3 heteroatoms. The molecule has 0 radical (unpaired) electrons. The molecular formula is C20H21NO2. The minimum absolute atomic E-state index is 0.102. The highest BCUT2D eigenvalue weighted by atomic mass is 16.5. The summed E-state index contributed by atoms with van der Waals surface area (Å²) in [4.78, 5) is 12.7. The van der Waals surface area contributed by atoms with Crippen LogP contribution < -0.4 is 10.1 Å². The summed E-state index contributed by atoms with van der Waals surface area (Å²) in [6.07, 6.45) is 3.15. The van der Waals surface area contributed by atoms with Crippen molar-refractivity contribution in [3.8, 4) is 5.75 Å². The van der Waals surface area contributed by atoms with E-state index in [1.165, 1.54) is 18.4 Å². The molecule has 0 aromatic heterocycles. The first-order valence-electron chi connectivity index (χ1n) is 8.37. The Labute approximate surface area is 136 Å². The maximum absolute atomic E-state index is 12.7. The summed E-state index contributed by atoms with van der Waals surface area (Å²) in [6, 6.07) is 18.4. The van der Waals surface area contributed by atoms with Crippen molar-refractivity contribution in [1.82, 2.24) is 5.32 Å². The van der Waals surface area contributed by atoms with Gasteiger partial charge in [0.15, 0.2) is 0 Å². The van der Waals surface area contributed by atoms with E-state index in [0.29, 0.717) is 12.5 Å². The Morgan fingerprint density at radius 3 is 2.57 bits per heavy atom. The summed E-state index contributed by atoms with van der Waals surface area (Å²) < 4.78 is 5.76. The number of para-hydroxylation sites is 1. The number of hydrogen-bond acceptors (Lipinski definition) is 2. The zero-order valence-corrected chi connectivity index (χ0v) is 13.1. The molecule has 1 heterocycles. The Morgan fingerprint density at radius 2 is 1.78 bits per heavy atom. The molecule has 3 nitrogen and oxygen atoms in total. The molecule has 1 fully saturated rings. The van der Waals surface area contributed by atoms with Gasteiger partial charge in [0.1, 0.15) is 12.4 Å². The largest absolute Gasteiger partial charge is 0.492 e. The van der Waals surface area contributed by atoms with E-state index in [4.69, 9.17) is 4.74 Å². The minimum Gasteiger partial charge on any atom is -0.492 e. The maximum Gasteiger partial charge on any atom is 0.227 e. The molecule has 118 valence electrons. The maximum atomic E-state index is 12.7. The van der Waals surface area contributed by atoms with Gasteiger partial charge in [-0.3, -0.25) is 4.79 Å². The van der Waals surface area contributed by atoms with Crippen LogP contribution in [0.25, 0.3) is 0 Å². The molecule has 1 aliphatic carbocycles. The monoisotopic (exact) mass is 307 g/mol. The molecule has 2 aromatic carbocycles. The Bertz CT molecular complexity index is 694. The first-order chi connectivity index (χ1) is 11.3. The Balaban J connectivity index is 1.47. The number of carbonyl (C=O) groups is 1. The lowest BCUT2D eigenvalue weighted by atomic mass is 9.94. The van der Waals surface area contributed by atoms with Gasteiger partial charge in [-0.2, -0.15) is 0 Å². The zero-order chi connectivity index (χ0) is 15.6. The van der Waals surface area contributed by atoms with Crippen LogP contribution in [-0.4, -0.2) is 12.5 Å². The molecule has 0 spiro atoms. The van der Waals surface area contributed by atoms with Gasteiger partial charge in [0.2, 0.25) is 5.91 Å². The van der Waals surface area contributed by atoms with Crippen LogP contribution in [0.2, 0.25) is 0 Å². The number of benzene rings is 2. The molecule has 1 aliphatic heterocycles. The normalized spacial score (nSPS) is 21.0. The zero-order valence-electron chi connectivity index (χ0n) is 13.1. The standard InChI is InChI=1S/C20H21NO2/c22-20(17-12-16-8-4-5-9-18(16)23-13-17)21-19(15-10-11-15)14-6-2-1-3-7-14/h1-9,15,17,19H,10-13H2,(H,21,22). The second-order valence-corrected chi connectivity index (χ2v) is 6.55. The molecule has 23 heavy (non-hydrogen) atoms. The predicted molar refractivity (Wildman–Crippen MR) is 89.2 cm³/mol. The highest BCUT2D eigenvalue weighted by Crippen LogP contribution is 2.41. The van der Waals surface area contributed by atoms with Crippen molar-refractivity contribution in [1.29, 1.82) is 0 Å². The van der Waals surface area contributed by atoms with Crippen LogP contribution in [0.5, 0.6) is 5.75 Å². The van der Waals surface area contributed by atoms with Crippen LogP contribution >= 0.6 is 0 Å². The minimum atomic E-state index is -0.102. The average molecular weight is 307 g/mol. The van der Waals surface area contributed by atoms with Gasteiger partial charge in [-0.05, 0) is 42.4 Å². The fourth-order valence-corrected chi connectivity index (χ4v) is 3.33.